The van der Waals surface area contributed by atoms with Crippen molar-refractivity contribution in [3.05, 3.63) is 0 Å². The molecule has 1 unspecified atom stereocenters. The van der Waals surface area contributed by atoms with E-state index in [1.165, 1.54) is 27.7 Å². The molecule has 0 saturated carbocycles. The van der Waals surface area contributed by atoms with Crippen LogP contribution < -0.4 is 0 Å². The summed E-state index contributed by atoms with van der Waals surface area (Å²) in [4.78, 5) is 0. The minimum atomic E-state index is -5.86. The Hall–Kier alpha value is -0.393. The lowest BCUT2D eigenvalue weighted by molar-refractivity contribution is -0.326. The van der Waals surface area contributed by atoms with E-state index in [0.29, 0.717) is 0 Å². The second-order valence-corrected chi connectivity index (χ2v) is 8.73. The molecule has 0 aliphatic heterocycles. The van der Waals surface area contributed by atoms with E-state index in [1.54, 1.807) is 0 Å². The normalized spacial score (nSPS) is 15.2. The first-order chi connectivity index (χ1) is 12.4. The fraction of sp³-hybridized carbons (Fsp3) is 1.00. The van der Waals surface area contributed by atoms with Crippen LogP contribution in [-0.4, -0.2) is 52.6 Å². The summed E-state index contributed by atoms with van der Waals surface area (Å²) in [6.45, 7) is 6.15. The first-order valence-electron chi connectivity index (χ1n) is 9.06. The van der Waals surface area contributed by atoms with Crippen LogP contribution in [0.15, 0.2) is 0 Å². The summed E-state index contributed by atoms with van der Waals surface area (Å²) in [5, 5.41) is 0. The number of unbranched alkanes of at least 4 members (excludes halogenated alkanes) is 1. The molecular formula is C16H29F7O3Si. The predicted octanol–water partition coefficient (Wildman–Crippen LogP) is 5.86. The fourth-order valence-electron chi connectivity index (χ4n) is 2.47. The largest absolute Gasteiger partial charge is 0.501 e. The fourth-order valence-corrected chi connectivity index (χ4v) is 5.10. The van der Waals surface area contributed by atoms with Gasteiger partial charge in [-0.3, -0.25) is 0 Å². The van der Waals surface area contributed by atoms with Gasteiger partial charge in [0.2, 0.25) is 0 Å². The van der Waals surface area contributed by atoms with E-state index in [4.69, 9.17) is 13.3 Å². The maximum absolute atomic E-state index is 14.1. The Morgan fingerprint density at radius 1 is 0.815 bits per heavy atom. The Morgan fingerprint density at radius 2 is 1.26 bits per heavy atom. The molecule has 11 heteroatoms. The minimum Gasteiger partial charge on any atom is -0.374 e. The number of hydrogen-bond donors (Lipinski definition) is 0. The van der Waals surface area contributed by atoms with Crippen molar-refractivity contribution in [2.24, 2.45) is 0 Å². The summed E-state index contributed by atoms with van der Waals surface area (Å²) in [5.41, 5.74) is 0. The molecule has 164 valence electrons. The van der Waals surface area contributed by atoms with Crippen molar-refractivity contribution >= 4 is 8.80 Å². The molecule has 0 amide bonds. The molecule has 0 saturated heterocycles. The van der Waals surface area contributed by atoms with E-state index >= 15 is 0 Å². The Morgan fingerprint density at radius 3 is 1.63 bits per heavy atom. The highest BCUT2D eigenvalue weighted by Crippen LogP contribution is 2.51. The van der Waals surface area contributed by atoms with Gasteiger partial charge in [-0.1, -0.05) is 19.8 Å². The summed E-state index contributed by atoms with van der Waals surface area (Å²) in [6.07, 6.45) is -5.82. The highest BCUT2D eigenvalue weighted by atomic mass is 28.4. The quantitative estimate of drug-likeness (QED) is 0.241. The topological polar surface area (TPSA) is 27.7 Å². The van der Waals surface area contributed by atoms with Crippen LogP contribution in [0.3, 0.4) is 0 Å². The SMILES string of the molecule is CCCCC(F)C(F)(F)C(F)(F)C(F)(F)CC[Si](OCC)(OCC)OCC. The molecule has 0 radical (unpaired) electrons. The smallest absolute Gasteiger partial charge is 0.374 e. The van der Waals surface area contributed by atoms with Crippen molar-refractivity contribution < 1.29 is 44.0 Å². The molecule has 0 spiro atoms. The van der Waals surface area contributed by atoms with E-state index in [9.17, 15) is 30.7 Å². The first-order valence-corrected chi connectivity index (χ1v) is 11.0. The van der Waals surface area contributed by atoms with Gasteiger partial charge in [0.1, 0.15) is 0 Å². The van der Waals surface area contributed by atoms with E-state index < -0.39 is 51.6 Å². The Balaban J connectivity index is 5.44. The molecule has 3 nitrogen and oxygen atoms in total. The Bertz CT molecular complexity index is 408. The van der Waals surface area contributed by atoms with Crippen LogP contribution in [0.2, 0.25) is 6.04 Å². The van der Waals surface area contributed by atoms with Crippen LogP contribution >= 0.6 is 0 Å². The van der Waals surface area contributed by atoms with Crippen LogP contribution in [0.5, 0.6) is 0 Å². The van der Waals surface area contributed by atoms with E-state index in [0.717, 1.165) is 0 Å². The minimum absolute atomic E-state index is 0.00786. The van der Waals surface area contributed by atoms with Crippen molar-refractivity contribution in [1.29, 1.82) is 0 Å². The second kappa shape index (κ2) is 11.0. The number of alkyl halides is 7. The average Bonchev–Trinajstić information content (AvgIpc) is 2.58. The molecule has 0 aliphatic carbocycles. The number of rotatable bonds is 15. The van der Waals surface area contributed by atoms with Crippen LogP contribution in [0.4, 0.5) is 30.7 Å². The predicted molar refractivity (Wildman–Crippen MR) is 89.3 cm³/mol. The van der Waals surface area contributed by atoms with Crippen molar-refractivity contribution in [2.75, 3.05) is 19.8 Å². The Kier molecular flexibility index (Phi) is 10.8. The molecule has 27 heavy (non-hydrogen) atoms. The van der Waals surface area contributed by atoms with E-state index in [1.807, 2.05) is 0 Å². The third-order valence-electron chi connectivity index (χ3n) is 3.92. The van der Waals surface area contributed by atoms with Gasteiger partial charge in [0.25, 0.3) is 0 Å². The van der Waals surface area contributed by atoms with Crippen molar-refractivity contribution in [3.8, 4) is 0 Å². The van der Waals surface area contributed by atoms with Gasteiger partial charge in [-0.25, -0.2) is 4.39 Å². The van der Waals surface area contributed by atoms with Gasteiger partial charge in [0.05, 0.1) is 0 Å². The number of hydrogen-bond acceptors (Lipinski definition) is 3. The van der Waals surface area contributed by atoms with E-state index in [2.05, 4.69) is 0 Å². The average molecular weight is 430 g/mol. The van der Waals surface area contributed by atoms with Gasteiger partial charge in [-0.15, -0.1) is 0 Å². The molecule has 0 N–H and O–H groups in total. The molecule has 0 bridgehead atoms. The molecule has 0 aromatic carbocycles. The highest BCUT2D eigenvalue weighted by Gasteiger charge is 2.74. The third-order valence-corrected chi connectivity index (χ3v) is 6.97. The molecule has 0 rings (SSSR count). The molecular weight excluding hydrogens is 401 g/mol. The van der Waals surface area contributed by atoms with E-state index in [-0.39, 0.29) is 32.7 Å². The summed E-state index contributed by atoms with van der Waals surface area (Å²) in [6, 6.07) is -0.799. The zero-order chi connectivity index (χ0) is 21.4. The summed E-state index contributed by atoms with van der Waals surface area (Å²) >= 11 is 0. The van der Waals surface area contributed by atoms with Crippen molar-refractivity contribution in [1.82, 2.24) is 0 Å². The van der Waals surface area contributed by atoms with Gasteiger partial charge in [0, 0.05) is 32.3 Å². The lowest BCUT2D eigenvalue weighted by atomic mass is 9.96. The van der Waals surface area contributed by atoms with Crippen molar-refractivity contribution in [2.45, 2.75) is 83.4 Å². The summed E-state index contributed by atoms with van der Waals surface area (Å²) < 4.78 is 113. The maximum atomic E-state index is 14.1. The standard InChI is InChI=1S/C16H29F7O3Si/c1-5-9-10-13(17)15(20,21)16(22,23)14(18,19)11-12-27(24-6-2,25-7-3)26-8-4/h13H,5-12H2,1-4H3. The molecule has 1 atom stereocenters. The molecule has 0 aliphatic rings. The lowest BCUT2D eigenvalue weighted by Crippen LogP contribution is -2.59. The molecule has 0 aromatic rings. The van der Waals surface area contributed by atoms with Gasteiger partial charge < -0.3 is 13.3 Å². The monoisotopic (exact) mass is 430 g/mol. The number of halogens is 7. The Labute approximate surface area is 156 Å². The maximum Gasteiger partial charge on any atom is 0.501 e. The zero-order valence-corrected chi connectivity index (χ0v) is 17.1. The van der Waals surface area contributed by atoms with Gasteiger partial charge in [-0.05, 0) is 27.2 Å². The van der Waals surface area contributed by atoms with Gasteiger partial charge >= 0.3 is 26.6 Å². The zero-order valence-electron chi connectivity index (χ0n) is 16.1. The summed E-state index contributed by atoms with van der Waals surface area (Å²) in [5.74, 6) is -16.5. The van der Waals surface area contributed by atoms with Gasteiger partial charge in [-0.2, -0.15) is 26.3 Å². The van der Waals surface area contributed by atoms with Crippen LogP contribution in [0.1, 0.15) is 53.4 Å². The van der Waals surface area contributed by atoms with Gasteiger partial charge in [0.15, 0.2) is 6.17 Å². The van der Waals surface area contributed by atoms with Crippen LogP contribution in [0.25, 0.3) is 0 Å². The lowest BCUT2D eigenvalue weighted by Gasteiger charge is -2.36. The first kappa shape index (κ1) is 26.6. The molecule has 0 fully saturated rings. The van der Waals surface area contributed by atoms with Crippen LogP contribution in [-0.2, 0) is 13.3 Å². The second-order valence-electron chi connectivity index (χ2n) is 5.99. The van der Waals surface area contributed by atoms with Crippen LogP contribution in [0, 0.1) is 0 Å². The molecule has 0 heterocycles. The van der Waals surface area contributed by atoms with Crippen molar-refractivity contribution in [3.63, 3.8) is 0 Å². The third kappa shape index (κ3) is 6.57. The highest BCUT2D eigenvalue weighted by molar-refractivity contribution is 6.60. The molecule has 0 aromatic heterocycles. The summed E-state index contributed by atoms with van der Waals surface area (Å²) in [7, 11) is -3.74.